The molecule has 0 saturated carbocycles. The standard InChI is InChI=1S/C16H18FNO/c1-13-5-7-14(8-6-13)12-18-9-10-19-16-4-2-3-15(17)11-16/h2-8,11,18H,9-10,12H2,1H3. The van der Waals surface area contributed by atoms with Crippen LogP contribution >= 0.6 is 0 Å². The molecule has 0 unspecified atom stereocenters. The fourth-order valence-corrected chi connectivity index (χ4v) is 1.74. The van der Waals surface area contributed by atoms with Crippen LogP contribution in [0.25, 0.3) is 0 Å². The maximum atomic E-state index is 12.9. The summed E-state index contributed by atoms with van der Waals surface area (Å²) in [7, 11) is 0. The van der Waals surface area contributed by atoms with Gasteiger partial charge in [0, 0.05) is 19.2 Å². The van der Waals surface area contributed by atoms with Gasteiger partial charge in [-0.1, -0.05) is 35.9 Å². The molecule has 0 amide bonds. The monoisotopic (exact) mass is 259 g/mol. The van der Waals surface area contributed by atoms with Crippen molar-refractivity contribution < 1.29 is 9.13 Å². The number of nitrogens with one attached hydrogen (secondary N) is 1. The lowest BCUT2D eigenvalue weighted by Gasteiger charge is -2.08. The van der Waals surface area contributed by atoms with E-state index < -0.39 is 0 Å². The first-order chi connectivity index (χ1) is 9.24. The Morgan fingerprint density at radius 1 is 1.11 bits per heavy atom. The highest BCUT2D eigenvalue weighted by atomic mass is 19.1. The van der Waals surface area contributed by atoms with Crippen molar-refractivity contribution in [2.45, 2.75) is 13.5 Å². The third-order valence-corrected chi connectivity index (χ3v) is 2.79. The van der Waals surface area contributed by atoms with Gasteiger partial charge in [-0.2, -0.15) is 0 Å². The maximum Gasteiger partial charge on any atom is 0.126 e. The molecule has 19 heavy (non-hydrogen) atoms. The van der Waals surface area contributed by atoms with Gasteiger partial charge >= 0.3 is 0 Å². The molecule has 1 N–H and O–H groups in total. The lowest BCUT2D eigenvalue weighted by molar-refractivity contribution is 0.312. The van der Waals surface area contributed by atoms with Crippen LogP contribution in [-0.2, 0) is 6.54 Å². The highest BCUT2D eigenvalue weighted by Gasteiger charge is 1.96. The van der Waals surface area contributed by atoms with Gasteiger partial charge in [-0.3, -0.25) is 0 Å². The molecule has 0 heterocycles. The zero-order valence-electron chi connectivity index (χ0n) is 11.0. The molecule has 0 atom stereocenters. The van der Waals surface area contributed by atoms with E-state index in [9.17, 15) is 4.39 Å². The van der Waals surface area contributed by atoms with Gasteiger partial charge in [0.1, 0.15) is 18.2 Å². The van der Waals surface area contributed by atoms with Crippen LogP contribution in [0.5, 0.6) is 5.75 Å². The largest absolute Gasteiger partial charge is 0.492 e. The van der Waals surface area contributed by atoms with Gasteiger partial charge in [0.2, 0.25) is 0 Å². The van der Waals surface area contributed by atoms with Crippen molar-refractivity contribution in [3.05, 3.63) is 65.5 Å². The Bertz CT molecular complexity index is 510. The van der Waals surface area contributed by atoms with Gasteiger partial charge in [0.05, 0.1) is 0 Å². The summed E-state index contributed by atoms with van der Waals surface area (Å²) in [6, 6.07) is 14.6. The highest BCUT2D eigenvalue weighted by molar-refractivity contribution is 5.22. The Morgan fingerprint density at radius 2 is 1.89 bits per heavy atom. The number of rotatable bonds is 6. The topological polar surface area (TPSA) is 21.3 Å². The fraction of sp³-hybridized carbons (Fsp3) is 0.250. The number of benzene rings is 2. The van der Waals surface area contributed by atoms with E-state index >= 15 is 0 Å². The van der Waals surface area contributed by atoms with Crippen LogP contribution in [0.15, 0.2) is 48.5 Å². The van der Waals surface area contributed by atoms with Crippen LogP contribution in [-0.4, -0.2) is 13.2 Å². The first kappa shape index (κ1) is 13.6. The summed E-state index contributed by atoms with van der Waals surface area (Å²) in [6.07, 6.45) is 0. The molecule has 0 aliphatic rings. The summed E-state index contributed by atoms with van der Waals surface area (Å²) >= 11 is 0. The third kappa shape index (κ3) is 4.72. The zero-order chi connectivity index (χ0) is 13.5. The molecule has 0 radical (unpaired) electrons. The molecule has 100 valence electrons. The molecule has 0 spiro atoms. The lowest BCUT2D eigenvalue weighted by Crippen LogP contribution is -2.20. The molecule has 0 bridgehead atoms. The second-order valence-electron chi connectivity index (χ2n) is 4.47. The van der Waals surface area contributed by atoms with E-state index in [0.29, 0.717) is 12.4 Å². The molecule has 0 saturated heterocycles. The minimum absolute atomic E-state index is 0.273. The SMILES string of the molecule is Cc1ccc(CNCCOc2cccc(F)c2)cc1. The van der Waals surface area contributed by atoms with Crippen molar-refractivity contribution in [1.29, 1.82) is 0 Å². The molecular weight excluding hydrogens is 241 g/mol. The van der Waals surface area contributed by atoms with E-state index in [2.05, 4.69) is 36.5 Å². The van der Waals surface area contributed by atoms with Crippen LogP contribution in [0, 0.1) is 12.7 Å². The summed E-state index contributed by atoms with van der Waals surface area (Å²) in [5, 5.41) is 3.29. The van der Waals surface area contributed by atoms with Gasteiger partial charge < -0.3 is 10.1 Å². The van der Waals surface area contributed by atoms with Crippen LogP contribution in [0.4, 0.5) is 4.39 Å². The maximum absolute atomic E-state index is 12.9. The van der Waals surface area contributed by atoms with Gasteiger partial charge in [-0.25, -0.2) is 4.39 Å². The van der Waals surface area contributed by atoms with E-state index in [0.717, 1.165) is 13.1 Å². The van der Waals surface area contributed by atoms with Crippen molar-refractivity contribution in [3.8, 4) is 5.75 Å². The minimum Gasteiger partial charge on any atom is -0.492 e. The summed E-state index contributed by atoms with van der Waals surface area (Å²) in [6.45, 7) is 4.14. The Kier molecular flexibility index (Phi) is 4.93. The molecule has 2 aromatic rings. The summed E-state index contributed by atoms with van der Waals surface area (Å²) in [5.41, 5.74) is 2.51. The van der Waals surface area contributed by atoms with Crippen molar-refractivity contribution in [2.24, 2.45) is 0 Å². The molecule has 0 aromatic heterocycles. The normalized spacial score (nSPS) is 10.4. The van der Waals surface area contributed by atoms with Crippen molar-refractivity contribution >= 4 is 0 Å². The Labute approximate surface area is 113 Å². The van der Waals surface area contributed by atoms with Crippen LogP contribution in [0.1, 0.15) is 11.1 Å². The van der Waals surface area contributed by atoms with E-state index in [4.69, 9.17) is 4.74 Å². The Balaban J connectivity index is 1.66. The van der Waals surface area contributed by atoms with Crippen molar-refractivity contribution in [2.75, 3.05) is 13.2 Å². The predicted molar refractivity (Wildman–Crippen MR) is 74.8 cm³/mol. The molecule has 2 aromatic carbocycles. The average molecular weight is 259 g/mol. The third-order valence-electron chi connectivity index (χ3n) is 2.79. The average Bonchev–Trinajstić information content (AvgIpc) is 2.41. The first-order valence-corrected chi connectivity index (χ1v) is 6.39. The fourth-order valence-electron chi connectivity index (χ4n) is 1.74. The Morgan fingerprint density at radius 3 is 2.63 bits per heavy atom. The molecular formula is C16H18FNO. The van der Waals surface area contributed by atoms with E-state index in [1.165, 1.54) is 23.3 Å². The first-order valence-electron chi connectivity index (χ1n) is 6.39. The van der Waals surface area contributed by atoms with Crippen LogP contribution < -0.4 is 10.1 Å². The number of hydrogen-bond acceptors (Lipinski definition) is 2. The molecule has 0 aliphatic carbocycles. The predicted octanol–water partition coefficient (Wildman–Crippen LogP) is 3.30. The Hall–Kier alpha value is -1.87. The number of hydrogen-bond donors (Lipinski definition) is 1. The van der Waals surface area contributed by atoms with E-state index in [-0.39, 0.29) is 5.82 Å². The van der Waals surface area contributed by atoms with Gasteiger partial charge in [0.15, 0.2) is 0 Å². The van der Waals surface area contributed by atoms with Crippen molar-refractivity contribution in [1.82, 2.24) is 5.32 Å². The molecule has 2 nitrogen and oxygen atoms in total. The van der Waals surface area contributed by atoms with Crippen molar-refractivity contribution in [3.63, 3.8) is 0 Å². The van der Waals surface area contributed by atoms with Gasteiger partial charge in [-0.15, -0.1) is 0 Å². The molecule has 0 fully saturated rings. The van der Waals surface area contributed by atoms with E-state index in [1.807, 2.05) is 0 Å². The second-order valence-corrected chi connectivity index (χ2v) is 4.47. The lowest BCUT2D eigenvalue weighted by atomic mass is 10.1. The second kappa shape index (κ2) is 6.90. The number of halogens is 1. The van der Waals surface area contributed by atoms with Gasteiger partial charge in [-0.05, 0) is 24.6 Å². The number of ether oxygens (including phenoxy) is 1. The summed E-state index contributed by atoms with van der Waals surface area (Å²) in [5.74, 6) is 0.294. The number of aryl methyl sites for hydroxylation is 1. The summed E-state index contributed by atoms with van der Waals surface area (Å²) < 4.78 is 18.3. The quantitative estimate of drug-likeness (QED) is 0.804. The highest BCUT2D eigenvalue weighted by Crippen LogP contribution is 2.11. The smallest absolute Gasteiger partial charge is 0.126 e. The minimum atomic E-state index is -0.273. The van der Waals surface area contributed by atoms with Gasteiger partial charge in [0.25, 0.3) is 0 Å². The zero-order valence-corrected chi connectivity index (χ0v) is 11.0. The molecule has 0 aliphatic heterocycles. The van der Waals surface area contributed by atoms with Crippen LogP contribution in [0.2, 0.25) is 0 Å². The molecule has 2 rings (SSSR count). The molecule has 3 heteroatoms. The van der Waals surface area contributed by atoms with Crippen LogP contribution in [0.3, 0.4) is 0 Å². The van der Waals surface area contributed by atoms with E-state index in [1.54, 1.807) is 12.1 Å². The summed E-state index contributed by atoms with van der Waals surface area (Å²) in [4.78, 5) is 0.